The van der Waals surface area contributed by atoms with Crippen LogP contribution in [0.2, 0.25) is 0 Å². The number of nitrogens with one attached hydrogen (secondary N) is 1. The molecule has 2 aromatic carbocycles. The summed E-state index contributed by atoms with van der Waals surface area (Å²) in [5.41, 5.74) is 2.69. The Kier molecular flexibility index (Phi) is 5.64. The number of carbonyl (C=O) groups is 1. The highest BCUT2D eigenvalue weighted by Crippen LogP contribution is 2.30. The molecule has 0 radical (unpaired) electrons. The number of rotatable bonds is 6. The highest BCUT2D eigenvalue weighted by Gasteiger charge is 2.17. The van der Waals surface area contributed by atoms with Crippen LogP contribution in [0, 0.1) is 10.1 Å². The number of hydrogen-bond acceptors (Lipinski definition) is 5. The van der Waals surface area contributed by atoms with Crippen molar-refractivity contribution in [3.63, 3.8) is 0 Å². The number of hydrogen-bond donors (Lipinski definition) is 1. The fourth-order valence-corrected chi connectivity index (χ4v) is 2.76. The maximum absolute atomic E-state index is 11.4. The summed E-state index contributed by atoms with van der Waals surface area (Å²) in [7, 11) is 1.74. The SMILES string of the molecule is CC(=O)N(C)Cc1cccc(Nc2ccc([N+](=O)[O-])c(-c3ccccc3)n2)c1. The van der Waals surface area contributed by atoms with Crippen molar-refractivity contribution in [1.29, 1.82) is 0 Å². The Morgan fingerprint density at radius 2 is 1.86 bits per heavy atom. The van der Waals surface area contributed by atoms with Crippen LogP contribution in [-0.2, 0) is 11.3 Å². The van der Waals surface area contributed by atoms with E-state index in [0.29, 0.717) is 23.6 Å². The molecule has 0 aliphatic heterocycles. The van der Waals surface area contributed by atoms with Crippen LogP contribution >= 0.6 is 0 Å². The van der Waals surface area contributed by atoms with E-state index >= 15 is 0 Å². The van der Waals surface area contributed by atoms with Crippen molar-refractivity contribution in [2.24, 2.45) is 0 Å². The van der Waals surface area contributed by atoms with E-state index in [1.807, 2.05) is 42.5 Å². The molecule has 7 nitrogen and oxygen atoms in total. The van der Waals surface area contributed by atoms with Gasteiger partial charge in [-0.25, -0.2) is 4.98 Å². The standard InChI is InChI=1S/C21H20N4O3/c1-15(26)24(2)14-16-7-6-10-18(13-16)22-20-12-11-19(25(27)28)21(23-20)17-8-4-3-5-9-17/h3-13H,14H2,1-2H3,(H,22,23). The summed E-state index contributed by atoms with van der Waals surface area (Å²) in [4.78, 5) is 28.5. The molecule has 0 saturated heterocycles. The summed E-state index contributed by atoms with van der Waals surface area (Å²) >= 11 is 0. The fourth-order valence-electron chi connectivity index (χ4n) is 2.76. The minimum atomic E-state index is -0.433. The molecule has 28 heavy (non-hydrogen) atoms. The average molecular weight is 376 g/mol. The Balaban J connectivity index is 1.89. The fraction of sp³-hybridized carbons (Fsp3) is 0.143. The summed E-state index contributed by atoms with van der Waals surface area (Å²) in [6.45, 7) is 2.02. The van der Waals surface area contributed by atoms with E-state index in [-0.39, 0.29) is 11.6 Å². The topological polar surface area (TPSA) is 88.4 Å². The lowest BCUT2D eigenvalue weighted by Gasteiger charge is -2.15. The first-order valence-electron chi connectivity index (χ1n) is 8.72. The second kappa shape index (κ2) is 8.30. The lowest BCUT2D eigenvalue weighted by atomic mass is 10.1. The van der Waals surface area contributed by atoms with E-state index in [9.17, 15) is 14.9 Å². The minimum Gasteiger partial charge on any atom is -0.342 e. The molecule has 1 amide bonds. The van der Waals surface area contributed by atoms with Crippen molar-refractivity contribution >= 4 is 23.1 Å². The van der Waals surface area contributed by atoms with Crippen molar-refractivity contribution in [3.05, 3.63) is 82.4 Å². The molecule has 3 aromatic rings. The van der Waals surface area contributed by atoms with Gasteiger partial charge in [0.25, 0.3) is 5.69 Å². The first kappa shape index (κ1) is 19.0. The first-order valence-corrected chi connectivity index (χ1v) is 8.72. The van der Waals surface area contributed by atoms with Crippen LogP contribution in [0.5, 0.6) is 0 Å². The number of nitrogens with zero attached hydrogens (tertiary/aromatic N) is 3. The van der Waals surface area contributed by atoms with Crippen molar-refractivity contribution < 1.29 is 9.72 Å². The van der Waals surface area contributed by atoms with Gasteiger partial charge in [-0.3, -0.25) is 14.9 Å². The summed E-state index contributed by atoms with van der Waals surface area (Å²) in [5, 5.41) is 14.6. The van der Waals surface area contributed by atoms with Gasteiger partial charge in [-0.05, 0) is 23.8 Å². The van der Waals surface area contributed by atoms with E-state index in [1.54, 1.807) is 30.1 Å². The molecule has 1 aromatic heterocycles. The summed E-state index contributed by atoms with van der Waals surface area (Å²) in [6.07, 6.45) is 0. The van der Waals surface area contributed by atoms with Gasteiger partial charge in [0.2, 0.25) is 5.91 Å². The van der Waals surface area contributed by atoms with Gasteiger partial charge in [0.15, 0.2) is 5.69 Å². The van der Waals surface area contributed by atoms with Crippen LogP contribution in [0.3, 0.4) is 0 Å². The molecule has 1 heterocycles. The maximum Gasteiger partial charge on any atom is 0.295 e. The molecular weight excluding hydrogens is 356 g/mol. The molecule has 0 saturated carbocycles. The molecule has 142 valence electrons. The largest absolute Gasteiger partial charge is 0.342 e. The Morgan fingerprint density at radius 1 is 1.11 bits per heavy atom. The zero-order chi connectivity index (χ0) is 20.1. The second-order valence-corrected chi connectivity index (χ2v) is 6.39. The third-order valence-electron chi connectivity index (χ3n) is 4.27. The molecule has 3 rings (SSSR count). The number of nitro groups is 1. The molecule has 0 spiro atoms. The monoisotopic (exact) mass is 376 g/mol. The van der Waals surface area contributed by atoms with Crippen LogP contribution in [0.1, 0.15) is 12.5 Å². The minimum absolute atomic E-state index is 0.0112. The molecule has 0 bridgehead atoms. The lowest BCUT2D eigenvalue weighted by Crippen LogP contribution is -2.22. The van der Waals surface area contributed by atoms with Crippen LogP contribution in [-0.4, -0.2) is 27.8 Å². The molecule has 0 fully saturated rings. The maximum atomic E-state index is 11.4. The second-order valence-electron chi connectivity index (χ2n) is 6.39. The number of carbonyl (C=O) groups excluding carboxylic acids is 1. The number of pyridine rings is 1. The van der Waals surface area contributed by atoms with Gasteiger partial charge in [-0.1, -0.05) is 42.5 Å². The zero-order valence-electron chi connectivity index (χ0n) is 15.6. The molecule has 0 aliphatic carbocycles. The molecule has 0 aliphatic rings. The van der Waals surface area contributed by atoms with Crippen LogP contribution in [0.15, 0.2) is 66.7 Å². The summed E-state index contributed by atoms with van der Waals surface area (Å²) in [5.74, 6) is 0.490. The molecule has 0 unspecified atom stereocenters. The number of anilines is 2. The van der Waals surface area contributed by atoms with Gasteiger partial charge in [0.05, 0.1) is 4.92 Å². The lowest BCUT2D eigenvalue weighted by molar-refractivity contribution is -0.384. The predicted molar refractivity (Wildman–Crippen MR) is 108 cm³/mol. The van der Waals surface area contributed by atoms with Crippen molar-refractivity contribution in [2.45, 2.75) is 13.5 Å². The average Bonchev–Trinajstić information content (AvgIpc) is 2.68. The Labute approximate surface area is 162 Å². The third-order valence-corrected chi connectivity index (χ3v) is 4.27. The molecule has 0 atom stereocenters. The summed E-state index contributed by atoms with van der Waals surface area (Å²) < 4.78 is 0. The van der Waals surface area contributed by atoms with Gasteiger partial charge < -0.3 is 10.2 Å². The number of amides is 1. The zero-order valence-corrected chi connectivity index (χ0v) is 15.6. The van der Waals surface area contributed by atoms with Crippen molar-refractivity contribution in [2.75, 3.05) is 12.4 Å². The molecular formula is C21H20N4O3. The van der Waals surface area contributed by atoms with E-state index in [0.717, 1.165) is 11.3 Å². The van der Waals surface area contributed by atoms with Crippen LogP contribution in [0.4, 0.5) is 17.2 Å². The third kappa shape index (κ3) is 4.50. The van der Waals surface area contributed by atoms with Gasteiger partial charge >= 0.3 is 0 Å². The smallest absolute Gasteiger partial charge is 0.295 e. The van der Waals surface area contributed by atoms with Gasteiger partial charge in [0.1, 0.15) is 5.82 Å². The van der Waals surface area contributed by atoms with E-state index in [2.05, 4.69) is 10.3 Å². The molecule has 1 N–H and O–H groups in total. The normalized spacial score (nSPS) is 10.4. The van der Waals surface area contributed by atoms with Gasteiger partial charge in [0, 0.05) is 37.8 Å². The highest BCUT2D eigenvalue weighted by molar-refractivity contribution is 5.73. The Hall–Kier alpha value is -3.74. The van der Waals surface area contributed by atoms with E-state index in [4.69, 9.17) is 0 Å². The summed E-state index contributed by atoms with van der Waals surface area (Å²) in [6, 6.07) is 19.7. The highest BCUT2D eigenvalue weighted by atomic mass is 16.6. The van der Waals surface area contributed by atoms with Crippen LogP contribution < -0.4 is 5.32 Å². The Bertz CT molecular complexity index is 1010. The van der Waals surface area contributed by atoms with Gasteiger partial charge in [-0.2, -0.15) is 0 Å². The number of aromatic nitrogens is 1. The van der Waals surface area contributed by atoms with Crippen molar-refractivity contribution in [1.82, 2.24) is 9.88 Å². The van der Waals surface area contributed by atoms with E-state index in [1.165, 1.54) is 13.0 Å². The van der Waals surface area contributed by atoms with Gasteiger partial charge in [-0.15, -0.1) is 0 Å². The Morgan fingerprint density at radius 3 is 2.54 bits per heavy atom. The van der Waals surface area contributed by atoms with Crippen molar-refractivity contribution in [3.8, 4) is 11.3 Å². The number of benzene rings is 2. The first-order chi connectivity index (χ1) is 13.4. The van der Waals surface area contributed by atoms with E-state index < -0.39 is 4.92 Å². The molecule has 7 heteroatoms. The predicted octanol–water partition coefficient (Wildman–Crippen LogP) is 4.38. The quantitative estimate of drug-likeness (QED) is 0.509. The van der Waals surface area contributed by atoms with Crippen LogP contribution in [0.25, 0.3) is 11.3 Å².